The third kappa shape index (κ3) is 30.7. The molecule has 0 aliphatic heterocycles. The van der Waals surface area contributed by atoms with Crippen LogP contribution in [0.2, 0.25) is 36.3 Å². The first kappa shape index (κ1) is 78.8. The van der Waals surface area contributed by atoms with Gasteiger partial charge in [-0.2, -0.15) is 12.6 Å². The van der Waals surface area contributed by atoms with Crippen molar-refractivity contribution in [1.82, 2.24) is 0 Å². The van der Waals surface area contributed by atoms with Crippen LogP contribution >= 0.6 is 12.6 Å². The van der Waals surface area contributed by atoms with Crippen molar-refractivity contribution in [3.8, 4) is 0 Å². The van der Waals surface area contributed by atoms with Crippen LogP contribution in [0.1, 0.15) is 283 Å². The highest BCUT2D eigenvalue weighted by Crippen LogP contribution is 2.54. The highest BCUT2D eigenvalue weighted by Gasteiger charge is 2.64. The van der Waals surface area contributed by atoms with Crippen molar-refractivity contribution in [2.75, 3.05) is 26.4 Å². The molecule has 474 valence electrons. The fourth-order valence-electron chi connectivity index (χ4n) is 14.3. The van der Waals surface area contributed by atoms with Crippen molar-refractivity contribution >= 4 is 62.4 Å². The molecule has 1 atom stereocenters. The normalized spacial score (nSPS) is 14.8. The van der Waals surface area contributed by atoms with Crippen molar-refractivity contribution in [2.45, 2.75) is 323 Å². The molecule has 0 radical (unpaired) electrons. The summed E-state index contributed by atoms with van der Waals surface area (Å²) in [6.07, 6.45) is 8.35. The van der Waals surface area contributed by atoms with E-state index in [-0.39, 0.29) is 103 Å². The first-order chi connectivity index (χ1) is 36.2. The summed E-state index contributed by atoms with van der Waals surface area (Å²) in [5, 5.41) is 0. The van der Waals surface area contributed by atoms with Gasteiger partial charge in [-0.1, -0.05) is 219 Å². The predicted octanol–water partition coefficient (Wildman–Crippen LogP) is 19.1. The monoisotopic (exact) mass is 1200 g/mol. The largest absolute Gasteiger partial charge is 0.465 e. The number of carbonyl (C=O) groups is 4. The van der Waals surface area contributed by atoms with E-state index in [0.29, 0.717) is 0 Å². The van der Waals surface area contributed by atoms with Crippen LogP contribution in [0.3, 0.4) is 0 Å². The van der Waals surface area contributed by atoms with E-state index in [1.165, 1.54) is 0 Å². The van der Waals surface area contributed by atoms with Crippen LogP contribution in [0.15, 0.2) is 0 Å². The molecule has 0 heterocycles. The molecule has 0 aromatic carbocycles. The zero-order valence-corrected chi connectivity index (χ0v) is 61.5. The zero-order valence-electron chi connectivity index (χ0n) is 57.5. The van der Waals surface area contributed by atoms with Gasteiger partial charge in [0.05, 0.1) is 36.2 Å². The van der Waals surface area contributed by atoms with E-state index in [1.807, 2.05) is 0 Å². The molecular formula is C66H132O10SSi3. The molecule has 0 bridgehead atoms. The van der Waals surface area contributed by atoms with Gasteiger partial charge in [-0.15, -0.1) is 0 Å². The van der Waals surface area contributed by atoms with E-state index in [1.54, 1.807) is 0 Å². The minimum absolute atomic E-state index is 0.00135. The molecule has 0 saturated heterocycles. The van der Waals surface area contributed by atoms with Crippen LogP contribution in [0, 0.1) is 48.7 Å². The van der Waals surface area contributed by atoms with E-state index >= 15 is 4.79 Å². The van der Waals surface area contributed by atoms with Gasteiger partial charge < -0.3 is 27.2 Å². The number of rotatable bonds is 40. The minimum atomic E-state index is -3.41. The van der Waals surface area contributed by atoms with E-state index in [2.05, 4.69) is 180 Å². The molecule has 0 saturated carbocycles. The summed E-state index contributed by atoms with van der Waals surface area (Å²) in [5.74, 6) is -1.84. The van der Waals surface area contributed by atoms with Crippen molar-refractivity contribution in [3.63, 3.8) is 0 Å². The quantitative estimate of drug-likeness (QED) is 0.0274. The van der Waals surface area contributed by atoms with Gasteiger partial charge in [0.2, 0.25) is 0 Å². The van der Waals surface area contributed by atoms with Crippen molar-refractivity contribution < 1.29 is 46.4 Å². The third-order valence-corrected chi connectivity index (χ3v) is 32.4. The van der Waals surface area contributed by atoms with Gasteiger partial charge in [0, 0.05) is 19.3 Å². The second-order valence-electron chi connectivity index (χ2n) is 33.1. The van der Waals surface area contributed by atoms with Crippen LogP contribution in [-0.2, 0) is 46.4 Å². The topological polar surface area (TPSA) is 124 Å². The minimum Gasteiger partial charge on any atom is -0.465 e. The Hall–Kier alpha value is -1.20. The maximum atomic E-state index is 16.6. The van der Waals surface area contributed by atoms with Crippen LogP contribution in [0.25, 0.3) is 0 Å². The van der Waals surface area contributed by atoms with E-state index in [0.717, 1.165) is 100 Å². The molecule has 10 nitrogen and oxygen atoms in total. The van der Waals surface area contributed by atoms with Crippen LogP contribution < -0.4 is 0 Å². The fraction of sp³-hybridized carbons (Fsp3) is 0.939. The Morgan fingerprint density at radius 2 is 0.588 bits per heavy atom. The fourth-order valence-corrected chi connectivity index (χ4v) is 32.6. The Kier molecular flexibility index (Phi) is 32.6. The van der Waals surface area contributed by atoms with Crippen molar-refractivity contribution in [2.24, 2.45) is 48.7 Å². The Morgan fingerprint density at radius 3 is 0.812 bits per heavy atom. The Morgan fingerprint density at radius 1 is 0.362 bits per heavy atom. The number of ether oxygens (including phenoxy) is 4. The van der Waals surface area contributed by atoms with E-state index in [4.69, 9.17) is 39.8 Å². The highest BCUT2D eigenvalue weighted by molar-refractivity contribution is 7.83. The molecule has 0 aromatic heterocycles. The summed E-state index contributed by atoms with van der Waals surface area (Å²) in [5.41, 5.74) is -3.16. The van der Waals surface area contributed by atoms with Crippen LogP contribution in [0.4, 0.5) is 0 Å². The van der Waals surface area contributed by atoms with Crippen LogP contribution in [0.5, 0.6) is 0 Å². The van der Waals surface area contributed by atoms with Gasteiger partial charge in [-0.3, -0.25) is 19.2 Å². The van der Waals surface area contributed by atoms with E-state index in [9.17, 15) is 14.4 Å². The third-order valence-electron chi connectivity index (χ3n) is 15.3. The lowest BCUT2D eigenvalue weighted by atomic mass is 9.73. The summed E-state index contributed by atoms with van der Waals surface area (Å²) in [6.45, 7) is 57.3. The van der Waals surface area contributed by atoms with Gasteiger partial charge in [0.1, 0.15) is 0 Å². The summed E-state index contributed by atoms with van der Waals surface area (Å²) < 4.78 is 40.5. The average molecular weight is 1200 g/mol. The van der Waals surface area contributed by atoms with Gasteiger partial charge in [-0.25, -0.2) is 0 Å². The Labute approximate surface area is 504 Å². The molecule has 0 fully saturated rings. The lowest BCUT2D eigenvalue weighted by Crippen LogP contribution is -2.66. The first-order valence-electron chi connectivity index (χ1n) is 31.9. The average Bonchev–Trinajstić information content (AvgIpc) is 3.25. The van der Waals surface area contributed by atoms with Crippen molar-refractivity contribution in [1.29, 1.82) is 0 Å². The number of hydrogen-bond acceptors (Lipinski definition) is 11. The molecule has 0 aromatic rings. The Balaban J connectivity index is 9.28. The van der Waals surface area contributed by atoms with E-state index < -0.39 is 65.0 Å². The molecule has 0 amide bonds. The number of esters is 4. The molecule has 0 spiro atoms. The summed E-state index contributed by atoms with van der Waals surface area (Å²) in [4.78, 5) is 60.6. The lowest BCUT2D eigenvalue weighted by molar-refractivity contribution is -0.165. The molecule has 1 unspecified atom stereocenters. The number of hydrogen-bond donors (Lipinski definition) is 1. The van der Waals surface area contributed by atoms with Crippen LogP contribution in [-0.4, -0.2) is 80.6 Å². The summed E-state index contributed by atoms with van der Waals surface area (Å²) in [7, 11) is -8.78. The maximum Gasteiger partial charge on any atom is 0.318 e. The molecule has 80 heavy (non-hydrogen) atoms. The highest BCUT2D eigenvalue weighted by atomic mass is 32.1. The zero-order chi connectivity index (χ0) is 62.5. The van der Waals surface area contributed by atoms with Gasteiger partial charge in [0.25, 0.3) is 0 Å². The molecule has 0 aliphatic carbocycles. The lowest BCUT2D eigenvalue weighted by Gasteiger charge is -2.53. The standard InChI is InChI=1S/C66H132O10SSi3/c1-27-39-79(40-28-2,41-29-3)75-78(76-80(42-30-4,43-31-5)44-32-6)66(77,38-35-55(69)73-51-63(23,24)47-59(13,14)15)65(56(70)74-52-64(25,26)48-60(16,17)18,36-33-53(67)71-49-61(19,20)45-57(7,8)9)37-34-54(68)72-50-62(21,22)46-58(10,11)12/h77-78H,27-52H2,1-26H3. The summed E-state index contributed by atoms with van der Waals surface area (Å²) >= 11 is 6.09. The molecular weight excluding hydrogens is 1070 g/mol. The Bertz CT molecular complexity index is 1730. The van der Waals surface area contributed by atoms with Gasteiger partial charge >= 0.3 is 33.2 Å². The SMILES string of the molecule is CCC[Si](CCC)(CCC)O[SiH](O[Si](CCC)(CCC)CCC)C(S)(CCC(=O)OCC(C)(C)CC(C)(C)C)C(CCC(=O)OCC(C)(C)CC(C)(C)C)(CCC(=O)OCC(C)(C)CC(C)(C)C)C(=O)OCC(C)(C)CC(C)(C)C. The first-order valence-corrected chi connectivity index (χ1v) is 38.9. The molecule has 0 rings (SSSR count). The molecule has 14 heteroatoms. The van der Waals surface area contributed by atoms with Gasteiger partial charge in [-0.05, 0) is 125 Å². The predicted molar refractivity (Wildman–Crippen MR) is 349 cm³/mol. The maximum absolute atomic E-state index is 16.6. The molecule has 0 aliphatic rings. The number of carbonyl (C=O) groups excluding carboxylic acids is 4. The number of thiol groups is 1. The van der Waals surface area contributed by atoms with Crippen molar-refractivity contribution in [3.05, 3.63) is 0 Å². The van der Waals surface area contributed by atoms with Gasteiger partial charge in [0.15, 0.2) is 16.6 Å². The summed E-state index contributed by atoms with van der Waals surface area (Å²) in [6, 6.07) is 5.45. The second-order valence-corrected chi connectivity index (χ2v) is 45.7. The molecule has 0 N–H and O–H groups in total. The second kappa shape index (κ2) is 33.1. The smallest absolute Gasteiger partial charge is 0.318 e.